The Bertz CT molecular complexity index is 1110. The van der Waals surface area contributed by atoms with E-state index in [0.29, 0.717) is 26.1 Å². The van der Waals surface area contributed by atoms with Crippen LogP contribution in [0.15, 0.2) is 0 Å². The maximum Gasteiger partial charge on any atom is 0.315 e. The first-order chi connectivity index (χ1) is 20.6. The number of hydrogen-bond donors (Lipinski definition) is 4. The number of carbonyl (C=O) groups excluding carboxylic acids is 4. The number of ether oxygens (including phenoxy) is 1. The van der Waals surface area contributed by atoms with Gasteiger partial charge in [0.2, 0.25) is 34.2 Å². The van der Waals surface area contributed by atoms with E-state index in [4.69, 9.17) is 4.74 Å². The van der Waals surface area contributed by atoms with E-state index in [1.165, 1.54) is 11.9 Å². The minimum absolute atomic E-state index is 0.00185. The topological polar surface area (TPSA) is 166 Å². The van der Waals surface area contributed by atoms with Crippen molar-refractivity contribution in [2.24, 2.45) is 10.8 Å². The minimum atomic E-state index is -3.52. The van der Waals surface area contributed by atoms with Gasteiger partial charge in [-0.05, 0) is 37.0 Å². The first-order valence-electron chi connectivity index (χ1n) is 15.3. The minimum Gasteiger partial charge on any atom is -0.382 e. The first-order valence-corrected chi connectivity index (χ1v) is 17.2. The molecule has 1 saturated heterocycles. The summed E-state index contributed by atoms with van der Waals surface area (Å²) in [4.78, 5) is 54.4. The van der Waals surface area contributed by atoms with Gasteiger partial charge in [0.05, 0.1) is 6.26 Å². The Morgan fingerprint density at radius 1 is 1.02 bits per heavy atom. The number of alkyl halides is 2. The molecule has 1 fully saturated rings. The molecular formula is C29H54F2N6O7S. The zero-order valence-corrected chi connectivity index (χ0v) is 29.0. The van der Waals surface area contributed by atoms with Gasteiger partial charge in [-0.25, -0.2) is 26.3 Å². The van der Waals surface area contributed by atoms with E-state index in [1.54, 1.807) is 20.8 Å². The number of likely N-dealkylation sites (tertiary alicyclic amines) is 1. The second-order valence-electron chi connectivity index (χ2n) is 13.6. The molecule has 1 aliphatic heterocycles. The number of sulfonamides is 1. The van der Waals surface area contributed by atoms with Crippen molar-refractivity contribution in [3.8, 4) is 0 Å². The Labute approximate surface area is 267 Å². The molecule has 0 unspecified atom stereocenters. The van der Waals surface area contributed by atoms with Crippen molar-refractivity contribution in [3.05, 3.63) is 0 Å². The van der Waals surface area contributed by atoms with Crippen molar-refractivity contribution < 1.29 is 41.1 Å². The van der Waals surface area contributed by atoms with Crippen LogP contribution in [0, 0.1) is 10.8 Å². The molecular weight excluding hydrogens is 614 g/mol. The molecule has 5 amide bonds. The fourth-order valence-corrected chi connectivity index (χ4v) is 5.13. The van der Waals surface area contributed by atoms with Gasteiger partial charge >= 0.3 is 6.03 Å². The Morgan fingerprint density at radius 3 is 2.16 bits per heavy atom. The number of halogens is 2. The van der Waals surface area contributed by atoms with Gasteiger partial charge in [-0.15, -0.1) is 0 Å². The number of amides is 5. The highest BCUT2D eigenvalue weighted by molar-refractivity contribution is 7.88. The van der Waals surface area contributed by atoms with E-state index in [1.807, 2.05) is 27.7 Å². The molecule has 1 aliphatic rings. The molecule has 45 heavy (non-hydrogen) atoms. The summed E-state index contributed by atoms with van der Waals surface area (Å²) in [7, 11) is -2.11. The van der Waals surface area contributed by atoms with Crippen molar-refractivity contribution >= 4 is 33.8 Å². The van der Waals surface area contributed by atoms with Crippen LogP contribution in [0.2, 0.25) is 0 Å². The van der Waals surface area contributed by atoms with Gasteiger partial charge in [-0.3, -0.25) is 14.4 Å². The average Bonchev–Trinajstić information content (AvgIpc) is 3.38. The smallest absolute Gasteiger partial charge is 0.315 e. The third kappa shape index (κ3) is 13.7. The summed E-state index contributed by atoms with van der Waals surface area (Å²) in [6.45, 7) is 13.9. The Balaban J connectivity index is 3.07. The molecule has 0 aromatic heterocycles. The highest BCUT2D eigenvalue weighted by atomic mass is 32.2. The molecule has 0 bridgehead atoms. The summed E-state index contributed by atoms with van der Waals surface area (Å²) in [6.07, 6.45) is -1.50. The quantitative estimate of drug-likeness (QED) is 0.182. The van der Waals surface area contributed by atoms with Crippen molar-refractivity contribution in [2.75, 3.05) is 46.2 Å². The number of carbonyl (C=O) groups is 4. The van der Waals surface area contributed by atoms with Crippen LogP contribution in [0.1, 0.15) is 74.1 Å². The largest absolute Gasteiger partial charge is 0.382 e. The summed E-state index contributed by atoms with van der Waals surface area (Å²) in [5, 5.41) is 10.5. The number of urea groups is 1. The monoisotopic (exact) mass is 668 g/mol. The molecule has 0 spiro atoms. The SMILES string of the molecule is CCOCCCNC(=O)[C@H](CC(F)F)NC(=O)[C@@H]1CCCN1C(=O)[C@@H](NC(=O)N[C@H](CN(C)S(C)(=O)=O)C(C)(C)C)C(C)(C)C. The van der Waals surface area contributed by atoms with Gasteiger partial charge < -0.3 is 30.9 Å². The van der Waals surface area contributed by atoms with Crippen LogP contribution < -0.4 is 21.3 Å². The highest BCUT2D eigenvalue weighted by Crippen LogP contribution is 2.27. The third-order valence-corrected chi connectivity index (χ3v) is 8.88. The maximum absolute atomic E-state index is 13.9. The number of rotatable bonds is 16. The fourth-order valence-electron chi connectivity index (χ4n) is 4.71. The van der Waals surface area contributed by atoms with E-state index in [2.05, 4.69) is 21.3 Å². The number of likely N-dealkylation sites (N-methyl/N-ethyl adjacent to an activating group) is 1. The summed E-state index contributed by atoms with van der Waals surface area (Å²) < 4.78 is 57.0. The Hall–Kier alpha value is -2.59. The summed E-state index contributed by atoms with van der Waals surface area (Å²) in [5.41, 5.74) is -1.35. The van der Waals surface area contributed by atoms with Gasteiger partial charge in [-0.2, -0.15) is 0 Å². The van der Waals surface area contributed by atoms with Crippen molar-refractivity contribution in [2.45, 2.75) is 105 Å². The predicted octanol–water partition coefficient (Wildman–Crippen LogP) is 1.68. The standard InChI is InChI=1S/C29H54F2N6O7S/c1-10-44-16-12-14-32-24(38)19(17-22(30)31)33-25(39)20-13-11-15-37(20)26(40)23(29(5,6)7)35-27(41)34-21(28(2,3)4)18-36(8)45(9,42)43/h19-23H,10-18H2,1-9H3,(H,32,38)(H,33,39)(H2,34,35,41)/t19-,20-,21+,23+/m0/s1. The Kier molecular flexibility index (Phi) is 15.6. The van der Waals surface area contributed by atoms with Crippen molar-refractivity contribution in [1.29, 1.82) is 0 Å². The number of nitrogens with one attached hydrogen (secondary N) is 4. The van der Waals surface area contributed by atoms with Crippen LogP contribution in [0.3, 0.4) is 0 Å². The molecule has 1 rings (SSSR count). The molecule has 0 aromatic rings. The fraction of sp³-hybridized carbons (Fsp3) is 0.862. The molecule has 0 aliphatic carbocycles. The second-order valence-corrected chi connectivity index (χ2v) is 15.7. The maximum atomic E-state index is 13.9. The lowest BCUT2D eigenvalue weighted by Gasteiger charge is -2.37. The Morgan fingerprint density at radius 2 is 1.64 bits per heavy atom. The van der Waals surface area contributed by atoms with Gasteiger partial charge in [0, 0.05) is 52.4 Å². The molecule has 4 atom stereocenters. The van der Waals surface area contributed by atoms with Crippen molar-refractivity contribution in [3.63, 3.8) is 0 Å². The van der Waals surface area contributed by atoms with Gasteiger partial charge in [-0.1, -0.05) is 41.5 Å². The molecule has 262 valence electrons. The zero-order valence-electron chi connectivity index (χ0n) is 28.2. The molecule has 16 heteroatoms. The van der Waals surface area contributed by atoms with Gasteiger partial charge in [0.15, 0.2) is 0 Å². The van der Waals surface area contributed by atoms with Crippen LogP contribution in [0.25, 0.3) is 0 Å². The predicted molar refractivity (Wildman–Crippen MR) is 167 cm³/mol. The lowest BCUT2D eigenvalue weighted by molar-refractivity contribution is -0.142. The summed E-state index contributed by atoms with van der Waals surface area (Å²) >= 11 is 0. The van der Waals surface area contributed by atoms with E-state index in [9.17, 15) is 36.4 Å². The first kappa shape index (κ1) is 40.4. The number of hydrogen-bond acceptors (Lipinski definition) is 7. The van der Waals surface area contributed by atoms with Crippen LogP contribution in [-0.4, -0.2) is 118 Å². The molecule has 0 radical (unpaired) electrons. The molecule has 4 N–H and O–H groups in total. The van der Waals surface area contributed by atoms with E-state index < -0.39 is 81.6 Å². The van der Waals surface area contributed by atoms with Gasteiger partial charge in [0.25, 0.3) is 0 Å². The van der Waals surface area contributed by atoms with E-state index in [-0.39, 0.29) is 26.1 Å². The molecule has 1 heterocycles. The van der Waals surface area contributed by atoms with Crippen LogP contribution >= 0.6 is 0 Å². The molecule has 0 aromatic carbocycles. The van der Waals surface area contributed by atoms with Crippen LogP contribution in [0.4, 0.5) is 13.6 Å². The van der Waals surface area contributed by atoms with E-state index in [0.717, 1.165) is 10.6 Å². The molecule has 13 nitrogen and oxygen atoms in total. The lowest BCUT2D eigenvalue weighted by atomic mass is 9.85. The highest BCUT2D eigenvalue weighted by Gasteiger charge is 2.43. The lowest BCUT2D eigenvalue weighted by Crippen LogP contribution is -2.62. The average molecular weight is 669 g/mol. The van der Waals surface area contributed by atoms with Crippen molar-refractivity contribution in [1.82, 2.24) is 30.5 Å². The summed E-state index contributed by atoms with van der Waals surface area (Å²) in [6, 6.07) is -4.92. The second kappa shape index (κ2) is 17.4. The van der Waals surface area contributed by atoms with Crippen LogP contribution in [0.5, 0.6) is 0 Å². The normalized spacial score (nSPS) is 18.0. The van der Waals surface area contributed by atoms with E-state index >= 15 is 0 Å². The zero-order chi connectivity index (χ0) is 34.8. The summed E-state index contributed by atoms with van der Waals surface area (Å²) in [5.74, 6) is -2.02. The van der Waals surface area contributed by atoms with Crippen LogP contribution in [-0.2, 0) is 29.1 Å². The van der Waals surface area contributed by atoms with Gasteiger partial charge in [0.1, 0.15) is 18.1 Å². The number of nitrogens with zero attached hydrogens (tertiary/aromatic N) is 2. The molecule has 0 saturated carbocycles. The third-order valence-electron chi connectivity index (χ3n) is 7.60.